The number of carbonyl (C=O) groups excluding carboxylic acids is 1. The Morgan fingerprint density at radius 1 is 1.16 bits per heavy atom. The highest BCUT2D eigenvalue weighted by Crippen LogP contribution is 2.25. The zero-order chi connectivity index (χ0) is 13.2. The number of hydrogen-bond donors (Lipinski definition) is 0. The Bertz CT molecular complexity index is 614. The van der Waals surface area contributed by atoms with E-state index in [1.807, 2.05) is 24.3 Å². The number of cyclic esters (lactones) is 1. The predicted molar refractivity (Wildman–Crippen MR) is 71.1 cm³/mol. The van der Waals surface area contributed by atoms with Gasteiger partial charge in [-0.25, -0.2) is 4.79 Å². The molecule has 1 heterocycles. The summed E-state index contributed by atoms with van der Waals surface area (Å²) in [7, 11) is 0. The van der Waals surface area contributed by atoms with Crippen molar-refractivity contribution in [1.29, 1.82) is 0 Å². The fourth-order valence-corrected chi connectivity index (χ4v) is 2.03. The minimum Gasteiger partial charge on any atom is -0.489 e. The molecule has 0 saturated heterocycles. The van der Waals surface area contributed by atoms with E-state index in [2.05, 4.69) is 19.1 Å². The topological polar surface area (TPSA) is 35.5 Å². The molecule has 3 rings (SSSR count). The van der Waals surface area contributed by atoms with Crippen molar-refractivity contribution in [1.82, 2.24) is 0 Å². The quantitative estimate of drug-likeness (QED) is 0.789. The number of benzene rings is 2. The molecule has 1 aliphatic rings. The molecule has 3 heteroatoms. The van der Waals surface area contributed by atoms with Gasteiger partial charge in [-0.05, 0) is 24.6 Å². The average molecular weight is 254 g/mol. The van der Waals surface area contributed by atoms with Crippen molar-refractivity contribution in [2.45, 2.75) is 20.1 Å². The van der Waals surface area contributed by atoms with E-state index in [4.69, 9.17) is 9.47 Å². The zero-order valence-corrected chi connectivity index (χ0v) is 10.7. The molecule has 3 nitrogen and oxygen atoms in total. The van der Waals surface area contributed by atoms with Gasteiger partial charge in [0.05, 0.1) is 5.56 Å². The van der Waals surface area contributed by atoms with Gasteiger partial charge in [-0.15, -0.1) is 0 Å². The van der Waals surface area contributed by atoms with Gasteiger partial charge in [0.1, 0.15) is 19.0 Å². The third-order valence-corrected chi connectivity index (χ3v) is 3.19. The molecule has 2 aromatic rings. The van der Waals surface area contributed by atoms with Crippen LogP contribution in [0.1, 0.15) is 27.0 Å². The molecule has 19 heavy (non-hydrogen) atoms. The lowest BCUT2D eigenvalue weighted by Gasteiger charge is -2.07. The number of carbonyl (C=O) groups is 1. The molecule has 0 unspecified atom stereocenters. The van der Waals surface area contributed by atoms with E-state index in [0.717, 1.165) is 11.1 Å². The van der Waals surface area contributed by atoms with Gasteiger partial charge in [0.15, 0.2) is 0 Å². The van der Waals surface area contributed by atoms with Crippen LogP contribution in [0.2, 0.25) is 0 Å². The average Bonchev–Trinajstić information content (AvgIpc) is 2.80. The lowest BCUT2D eigenvalue weighted by atomic mass is 10.1. The van der Waals surface area contributed by atoms with Gasteiger partial charge < -0.3 is 9.47 Å². The van der Waals surface area contributed by atoms with E-state index >= 15 is 0 Å². The molecule has 0 N–H and O–H groups in total. The molecule has 2 aromatic carbocycles. The maximum atomic E-state index is 11.5. The summed E-state index contributed by atoms with van der Waals surface area (Å²) in [5.41, 5.74) is 3.87. The zero-order valence-electron chi connectivity index (χ0n) is 10.7. The van der Waals surface area contributed by atoms with Gasteiger partial charge >= 0.3 is 5.97 Å². The Morgan fingerprint density at radius 3 is 2.74 bits per heavy atom. The largest absolute Gasteiger partial charge is 0.489 e. The number of aryl methyl sites for hydroxylation is 1. The van der Waals surface area contributed by atoms with Crippen molar-refractivity contribution < 1.29 is 14.3 Å². The summed E-state index contributed by atoms with van der Waals surface area (Å²) in [5.74, 6) is 0.425. The second kappa shape index (κ2) is 4.76. The molecular weight excluding hydrogens is 240 g/mol. The smallest absolute Gasteiger partial charge is 0.339 e. The van der Waals surface area contributed by atoms with Crippen LogP contribution in [0.3, 0.4) is 0 Å². The molecular formula is C16H14O3. The molecule has 0 aromatic heterocycles. The van der Waals surface area contributed by atoms with Crippen LogP contribution < -0.4 is 4.74 Å². The van der Waals surface area contributed by atoms with Crippen molar-refractivity contribution in [3.63, 3.8) is 0 Å². The Kier molecular flexibility index (Phi) is 2.95. The Labute approximate surface area is 111 Å². The highest BCUT2D eigenvalue weighted by Gasteiger charge is 2.21. The molecule has 96 valence electrons. The summed E-state index contributed by atoms with van der Waals surface area (Å²) in [6.45, 7) is 2.91. The summed E-state index contributed by atoms with van der Waals surface area (Å²) in [6.07, 6.45) is 0. The lowest BCUT2D eigenvalue weighted by Crippen LogP contribution is -1.98. The first-order valence-corrected chi connectivity index (χ1v) is 6.21. The molecule has 0 aliphatic carbocycles. The number of fused-ring (bicyclic) bond motifs is 1. The van der Waals surface area contributed by atoms with Gasteiger partial charge in [0.25, 0.3) is 0 Å². The van der Waals surface area contributed by atoms with E-state index in [1.54, 1.807) is 6.07 Å². The van der Waals surface area contributed by atoms with Crippen LogP contribution in [0.15, 0.2) is 42.5 Å². The predicted octanol–water partition coefficient (Wildman–Crippen LogP) is 3.24. The van der Waals surface area contributed by atoms with Crippen molar-refractivity contribution in [3.8, 4) is 5.75 Å². The molecule has 0 fully saturated rings. The van der Waals surface area contributed by atoms with Gasteiger partial charge in [0, 0.05) is 5.56 Å². The molecule has 0 amide bonds. The monoisotopic (exact) mass is 254 g/mol. The minimum absolute atomic E-state index is 0.268. The highest BCUT2D eigenvalue weighted by molar-refractivity contribution is 5.93. The summed E-state index contributed by atoms with van der Waals surface area (Å²) in [6, 6.07) is 13.7. The molecule has 0 bridgehead atoms. The summed E-state index contributed by atoms with van der Waals surface area (Å²) >= 11 is 0. The van der Waals surface area contributed by atoms with Crippen molar-refractivity contribution in [2.24, 2.45) is 0 Å². The first kappa shape index (κ1) is 11.8. The maximum absolute atomic E-state index is 11.5. The Balaban J connectivity index is 1.72. The van der Waals surface area contributed by atoms with Crippen molar-refractivity contribution in [3.05, 3.63) is 64.7 Å². The van der Waals surface area contributed by atoms with Crippen LogP contribution in [0.25, 0.3) is 0 Å². The highest BCUT2D eigenvalue weighted by atomic mass is 16.5. The van der Waals surface area contributed by atoms with Crippen molar-refractivity contribution >= 4 is 5.97 Å². The minimum atomic E-state index is -0.268. The number of ether oxygens (including phenoxy) is 2. The van der Waals surface area contributed by atoms with E-state index in [9.17, 15) is 4.79 Å². The number of hydrogen-bond acceptors (Lipinski definition) is 3. The van der Waals surface area contributed by atoms with E-state index < -0.39 is 0 Å². The first-order valence-electron chi connectivity index (χ1n) is 6.21. The third kappa shape index (κ3) is 2.45. The molecule has 0 saturated carbocycles. The van der Waals surface area contributed by atoms with E-state index in [-0.39, 0.29) is 5.97 Å². The fourth-order valence-electron chi connectivity index (χ4n) is 2.03. The third-order valence-electron chi connectivity index (χ3n) is 3.19. The maximum Gasteiger partial charge on any atom is 0.339 e. The number of esters is 1. The molecule has 1 aliphatic heterocycles. The number of rotatable bonds is 3. The Morgan fingerprint density at radius 2 is 1.95 bits per heavy atom. The molecule has 0 atom stereocenters. The molecule has 0 spiro atoms. The second-order valence-corrected chi connectivity index (χ2v) is 4.67. The van der Waals surface area contributed by atoms with Crippen LogP contribution in [0, 0.1) is 6.92 Å². The van der Waals surface area contributed by atoms with Crippen LogP contribution in [0.4, 0.5) is 0 Å². The van der Waals surface area contributed by atoms with Gasteiger partial charge in [-0.2, -0.15) is 0 Å². The fraction of sp³-hybridized carbons (Fsp3) is 0.188. The van der Waals surface area contributed by atoms with E-state index in [1.165, 1.54) is 5.56 Å². The molecule has 0 radical (unpaired) electrons. The SMILES string of the molecule is Cc1ccc(COc2ccc3c(c2)C(=O)OC3)cc1. The van der Waals surface area contributed by atoms with Gasteiger partial charge in [-0.3, -0.25) is 0 Å². The van der Waals surface area contributed by atoms with Crippen LogP contribution in [-0.2, 0) is 18.0 Å². The van der Waals surface area contributed by atoms with Crippen LogP contribution in [-0.4, -0.2) is 5.97 Å². The summed E-state index contributed by atoms with van der Waals surface area (Å²) in [4.78, 5) is 11.5. The lowest BCUT2D eigenvalue weighted by molar-refractivity contribution is 0.0535. The standard InChI is InChI=1S/C16H14O3/c1-11-2-4-12(5-3-11)9-18-14-7-6-13-10-19-16(17)15(13)8-14/h2-8H,9-10H2,1H3. The summed E-state index contributed by atoms with van der Waals surface area (Å²) < 4.78 is 10.7. The first-order chi connectivity index (χ1) is 9.22. The van der Waals surface area contributed by atoms with E-state index in [0.29, 0.717) is 24.5 Å². The van der Waals surface area contributed by atoms with Gasteiger partial charge in [0.2, 0.25) is 0 Å². The Hall–Kier alpha value is -2.29. The summed E-state index contributed by atoms with van der Waals surface area (Å²) in [5, 5.41) is 0. The van der Waals surface area contributed by atoms with Crippen molar-refractivity contribution in [2.75, 3.05) is 0 Å². The van der Waals surface area contributed by atoms with Crippen LogP contribution >= 0.6 is 0 Å². The van der Waals surface area contributed by atoms with Gasteiger partial charge in [-0.1, -0.05) is 35.9 Å². The second-order valence-electron chi connectivity index (χ2n) is 4.67. The normalized spacial score (nSPS) is 13.0. The van der Waals surface area contributed by atoms with Crippen LogP contribution in [0.5, 0.6) is 5.75 Å².